The Morgan fingerprint density at radius 1 is 1.15 bits per heavy atom. The van der Waals surface area contributed by atoms with Gasteiger partial charge in [0.15, 0.2) is 0 Å². The van der Waals surface area contributed by atoms with Crippen LogP contribution in [-0.2, 0) is 5.41 Å². The first-order valence-electron chi connectivity index (χ1n) is 4.01. The molecule has 1 aromatic carbocycles. The van der Waals surface area contributed by atoms with Crippen molar-refractivity contribution in [1.29, 1.82) is 0 Å². The number of hydrogen-bond acceptors (Lipinski definition) is 1. The topological polar surface area (TPSA) is 20.2 Å². The van der Waals surface area contributed by atoms with Crippen molar-refractivity contribution in [3.63, 3.8) is 0 Å². The lowest BCUT2D eigenvalue weighted by atomic mass is 9.87. The number of halogens is 2. The van der Waals surface area contributed by atoms with Crippen molar-refractivity contribution in [2.24, 2.45) is 0 Å². The minimum atomic E-state index is 0.0891. The van der Waals surface area contributed by atoms with Crippen LogP contribution in [0.4, 0.5) is 0 Å². The van der Waals surface area contributed by atoms with E-state index in [4.69, 9.17) is 0 Å². The predicted molar refractivity (Wildman–Crippen MR) is 72.2 cm³/mol. The summed E-state index contributed by atoms with van der Waals surface area (Å²) in [7, 11) is 0. The third-order valence-corrected chi connectivity index (χ3v) is 3.81. The molecule has 0 fully saturated rings. The Bertz CT molecular complexity index is 326. The first kappa shape index (κ1) is 11.6. The number of aromatic hydroxyl groups is 1. The third-order valence-electron chi connectivity index (χ3n) is 1.82. The molecule has 0 spiro atoms. The summed E-state index contributed by atoms with van der Waals surface area (Å²) in [5.74, 6) is 0.381. The molecule has 1 aromatic rings. The average Bonchev–Trinajstić information content (AvgIpc) is 1.95. The molecule has 0 heterocycles. The minimum absolute atomic E-state index is 0.0891. The molecule has 0 aliphatic heterocycles. The SMILES string of the molecule is CC(C)(C)c1c(I)ccc(O)c1I. The average molecular weight is 402 g/mol. The fraction of sp³-hybridized carbons (Fsp3) is 0.400. The van der Waals surface area contributed by atoms with Gasteiger partial charge in [-0.2, -0.15) is 0 Å². The zero-order valence-corrected chi connectivity index (χ0v) is 12.2. The van der Waals surface area contributed by atoms with Crippen molar-refractivity contribution >= 4 is 45.2 Å². The summed E-state index contributed by atoms with van der Waals surface area (Å²) in [5, 5.41) is 9.58. The van der Waals surface area contributed by atoms with Gasteiger partial charge in [0.25, 0.3) is 0 Å². The molecule has 0 unspecified atom stereocenters. The molecular weight excluding hydrogens is 390 g/mol. The Hall–Kier alpha value is 0.480. The lowest BCUT2D eigenvalue weighted by molar-refractivity contribution is 0.465. The van der Waals surface area contributed by atoms with E-state index in [0.717, 1.165) is 3.57 Å². The molecule has 1 rings (SSSR count). The first-order valence-corrected chi connectivity index (χ1v) is 6.17. The van der Waals surface area contributed by atoms with Gasteiger partial charge in [-0.15, -0.1) is 0 Å². The zero-order chi connectivity index (χ0) is 10.2. The van der Waals surface area contributed by atoms with Crippen molar-refractivity contribution in [3.8, 4) is 5.75 Å². The number of phenolic OH excluding ortho intramolecular Hbond substituents is 1. The van der Waals surface area contributed by atoms with Crippen LogP contribution in [0.2, 0.25) is 0 Å². The maximum Gasteiger partial charge on any atom is 0.129 e. The van der Waals surface area contributed by atoms with Crippen molar-refractivity contribution in [1.82, 2.24) is 0 Å². The molecule has 3 heteroatoms. The van der Waals surface area contributed by atoms with E-state index in [1.165, 1.54) is 9.13 Å². The second kappa shape index (κ2) is 3.92. The van der Waals surface area contributed by atoms with Crippen molar-refractivity contribution in [2.45, 2.75) is 26.2 Å². The van der Waals surface area contributed by atoms with Gasteiger partial charge in [-0.25, -0.2) is 0 Å². The van der Waals surface area contributed by atoms with Crippen LogP contribution in [-0.4, -0.2) is 5.11 Å². The van der Waals surface area contributed by atoms with Crippen LogP contribution < -0.4 is 0 Å². The molecule has 0 aliphatic carbocycles. The predicted octanol–water partition coefficient (Wildman–Crippen LogP) is 3.90. The lowest BCUT2D eigenvalue weighted by Crippen LogP contribution is -2.15. The molecule has 0 aromatic heterocycles. The molecule has 0 atom stereocenters. The smallest absolute Gasteiger partial charge is 0.129 e. The van der Waals surface area contributed by atoms with E-state index >= 15 is 0 Å². The normalized spacial score (nSPS) is 11.8. The Balaban J connectivity index is 3.43. The molecule has 0 aliphatic rings. The molecule has 1 N–H and O–H groups in total. The molecule has 0 saturated heterocycles. The molecule has 0 bridgehead atoms. The van der Waals surface area contributed by atoms with E-state index in [2.05, 4.69) is 66.0 Å². The van der Waals surface area contributed by atoms with E-state index < -0.39 is 0 Å². The highest BCUT2D eigenvalue weighted by Crippen LogP contribution is 2.35. The fourth-order valence-corrected chi connectivity index (χ4v) is 4.28. The van der Waals surface area contributed by atoms with Crippen LogP contribution >= 0.6 is 45.2 Å². The largest absolute Gasteiger partial charge is 0.507 e. The van der Waals surface area contributed by atoms with Gasteiger partial charge in [-0.05, 0) is 68.3 Å². The third kappa shape index (κ3) is 2.49. The lowest BCUT2D eigenvalue weighted by Gasteiger charge is -2.22. The summed E-state index contributed by atoms with van der Waals surface area (Å²) in [6, 6.07) is 3.71. The van der Waals surface area contributed by atoms with Crippen LogP contribution in [0.25, 0.3) is 0 Å². The van der Waals surface area contributed by atoms with Crippen LogP contribution in [0.15, 0.2) is 12.1 Å². The van der Waals surface area contributed by atoms with E-state index in [0.29, 0.717) is 5.75 Å². The summed E-state index contributed by atoms with van der Waals surface area (Å²) >= 11 is 4.51. The minimum Gasteiger partial charge on any atom is -0.507 e. The zero-order valence-electron chi connectivity index (χ0n) is 7.86. The molecule has 0 saturated carbocycles. The number of hydrogen-bond donors (Lipinski definition) is 1. The highest BCUT2D eigenvalue weighted by atomic mass is 127. The van der Waals surface area contributed by atoms with Gasteiger partial charge in [-0.1, -0.05) is 20.8 Å². The summed E-state index contributed by atoms with van der Waals surface area (Å²) in [6.07, 6.45) is 0. The molecule has 0 amide bonds. The summed E-state index contributed by atoms with van der Waals surface area (Å²) in [6.45, 7) is 6.48. The van der Waals surface area contributed by atoms with Crippen LogP contribution in [0.1, 0.15) is 26.3 Å². The quantitative estimate of drug-likeness (QED) is 0.653. The number of rotatable bonds is 0. The first-order chi connectivity index (χ1) is 5.84. The Kier molecular flexibility index (Phi) is 3.49. The van der Waals surface area contributed by atoms with Crippen LogP contribution in [0.5, 0.6) is 5.75 Å². The molecule has 0 radical (unpaired) electrons. The van der Waals surface area contributed by atoms with Gasteiger partial charge < -0.3 is 5.11 Å². The maximum atomic E-state index is 9.58. The summed E-state index contributed by atoms with van der Waals surface area (Å²) in [5.41, 5.74) is 1.32. The highest BCUT2D eigenvalue weighted by molar-refractivity contribution is 14.1. The van der Waals surface area contributed by atoms with Crippen molar-refractivity contribution < 1.29 is 5.11 Å². The van der Waals surface area contributed by atoms with Gasteiger partial charge in [-0.3, -0.25) is 0 Å². The maximum absolute atomic E-state index is 9.58. The fourth-order valence-electron chi connectivity index (χ4n) is 1.23. The van der Waals surface area contributed by atoms with Gasteiger partial charge in [0, 0.05) is 3.57 Å². The van der Waals surface area contributed by atoms with E-state index in [9.17, 15) is 5.11 Å². The second-order valence-corrected chi connectivity index (χ2v) is 6.25. The van der Waals surface area contributed by atoms with Crippen molar-refractivity contribution in [3.05, 3.63) is 24.8 Å². The molecular formula is C10H12I2O. The Morgan fingerprint density at radius 3 is 2.08 bits per heavy atom. The molecule has 72 valence electrons. The van der Waals surface area contributed by atoms with Gasteiger partial charge in [0.1, 0.15) is 5.75 Å². The Labute approximate surface area is 106 Å². The van der Waals surface area contributed by atoms with Gasteiger partial charge >= 0.3 is 0 Å². The Morgan fingerprint density at radius 2 is 1.69 bits per heavy atom. The van der Waals surface area contributed by atoms with Gasteiger partial charge in [0.05, 0.1) is 3.57 Å². The summed E-state index contributed by atoms with van der Waals surface area (Å²) in [4.78, 5) is 0. The number of phenols is 1. The number of benzene rings is 1. The van der Waals surface area contributed by atoms with Crippen LogP contribution in [0.3, 0.4) is 0 Å². The highest BCUT2D eigenvalue weighted by Gasteiger charge is 2.21. The van der Waals surface area contributed by atoms with E-state index in [1.54, 1.807) is 6.07 Å². The van der Waals surface area contributed by atoms with Gasteiger partial charge in [0.2, 0.25) is 0 Å². The summed E-state index contributed by atoms with van der Waals surface area (Å²) < 4.78 is 2.18. The van der Waals surface area contributed by atoms with E-state index in [1.807, 2.05) is 6.07 Å². The second-order valence-electron chi connectivity index (χ2n) is 4.01. The molecule has 13 heavy (non-hydrogen) atoms. The molecule has 1 nitrogen and oxygen atoms in total. The van der Waals surface area contributed by atoms with Crippen LogP contribution in [0, 0.1) is 7.14 Å². The standard InChI is InChI=1S/C10H12I2O/c1-10(2,3)8-6(11)4-5-7(13)9(8)12/h4-5,13H,1-3H3. The van der Waals surface area contributed by atoms with Crippen molar-refractivity contribution in [2.75, 3.05) is 0 Å². The monoisotopic (exact) mass is 402 g/mol. The van der Waals surface area contributed by atoms with E-state index in [-0.39, 0.29) is 5.41 Å².